The SMILES string of the molecule is CCC(C)C1CN(Cc2c(C)nn(C)c2Cl)C(C)CCN1. The number of aryl methyl sites for hydroxylation is 2. The first kappa shape index (κ1) is 16.8. The third-order valence-electron chi connectivity index (χ3n) is 4.99. The van der Waals surface area contributed by atoms with E-state index in [9.17, 15) is 0 Å². The van der Waals surface area contributed by atoms with Crippen LogP contribution in [0.4, 0.5) is 0 Å². The van der Waals surface area contributed by atoms with Gasteiger partial charge in [-0.05, 0) is 32.7 Å². The van der Waals surface area contributed by atoms with Crippen molar-refractivity contribution in [2.75, 3.05) is 13.1 Å². The number of hydrogen-bond donors (Lipinski definition) is 1. The van der Waals surface area contributed by atoms with Crippen molar-refractivity contribution in [2.45, 2.75) is 59.2 Å². The summed E-state index contributed by atoms with van der Waals surface area (Å²) >= 11 is 6.41. The van der Waals surface area contributed by atoms with Gasteiger partial charge in [0, 0.05) is 37.8 Å². The van der Waals surface area contributed by atoms with Crippen LogP contribution in [0.3, 0.4) is 0 Å². The van der Waals surface area contributed by atoms with Crippen LogP contribution >= 0.6 is 11.6 Å². The minimum absolute atomic E-state index is 0.565. The number of nitrogens with zero attached hydrogens (tertiary/aromatic N) is 3. The summed E-state index contributed by atoms with van der Waals surface area (Å²) in [5.74, 6) is 0.697. The van der Waals surface area contributed by atoms with Gasteiger partial charge in [-0.1, -0.05) is 31.9 Å². The van der Waals surface area contributed by atoms with Crippen molar-refractivity contribution in [3.8, 4) is 0 Å². The monoisotopic (exact) mass is 312 g/mol. The lowest BCUT2D eigenvalue weighted by atomic mass is 9.98. The van der Waals surface area contributed by atoms with Crippen LogP contribution in [0.15, 0.2) is 0 Å². The molecule has 1 aliphatic rings. The Hall–Kier alpha value is -0.580. The van der Waals surface area contributed by atoms with E-state index in [2.05, 4.69) is 36.1 Å². The van der Waals surface area contributed by atoms with Crippen LogP contribution in [0, 0.1) is 12.8 Å². The zero-order valence-electron chi connectivity index (χ0n) is 14.0. The van der Waals surface area contributed by atoms with Crippen LogP contribution in [0.5, 0.6) is 0 Å². The van der Waals surface area contributed by atoms with E-state index in [4.69, 9.17) is 11.6 Å². The predicted molar refractivity (Wildman–Crippen MR) is 88.7 cm³/mol. The first-order valence-corrected chi connectivity index (χ1v) is 8.47. The van der Waals surface area contributed by atoms with Crippen LogP contribution in [-0.4, -0.2) is 39.9 Å². The molecule has 1 aliphatic heterocycles. The maximum absolute atomic E-state index is 6.41. The smallest absolute Gasteiger partial charge is 0.131 e. The first-order chi connectivity index (χ1) is 9.93. The van der Waals surface area contributed by atoms with Crippen molar-refractivity contribution < 1.29 is 0 Å². The molecule has 1 saturated heterocycles. The molecule has 0 bridgehead atoms. The molecule has 0 radical (unpaired) electrons. The van der Waals surface area contributed by atoms with Crippen LogP contribution < -0.4 is 5.32 Å². The molecule has 1 fully saturated rings. The summed E-state index contributed by atoms with van der Waals surface area (Å²) in [5.41, 5.74) is 2.22. The minimum Gasteiger partial charge on any atom is -0.312 e. The van der Waals surface area contributed by atoms with Gasteiger partial charge in [0.1, 0.15) is 5.15 Å². The Morgan fingerprint density at radius 3 is 2.76 bits per heavy atom. The largest absolute Gasteiger partial charge is 0.312 e. The molecule has 0 aromatic carbocycles. The second-order valence-corrected chi connectivity index (χ2v) is 6.85. The Labute approximate surface area is 133 Å². The number of nitrogens with one attached hydrogen (secondary N) is 1. The van der Waals surface area contributed by atoms with Crippen molar-refractivity contribution in [3.63, 3.8) is 0 Å². The number of aromatic nitrogens is 2. The maximum Gasteiger partial charge on any atom is 0.131 e. The molecule has 21 heavy (non-hydrogen) atoms. The number of hydrogen-bond acceptors (Lipinski definition) is 3. The highest BCUT2D eigenvalue weighted by Gasteiger charge is 2.27. The Kier molecular flexibility index (Phi) is 5.69. The number of halogens is 1. The third-order valence-corrected chi connectivity index (χ3v) is 5.46. The molecule has 1 N–H and O–H groups in total. The summed E-state index contributed by atoms with van der Waals surface area (Å²) in [6.45, 7) is 12.1. The second kappa shape index (κ2) is 7.12. The van der Waals surface area contributed by atoms with Gasteiger partial charge in [0.2, 0.25) is 0 Å². The van der Waals surface area contributed by atoms with E-state index in [1.54, 1.807) is 4.68 Å². The van der Waals surface area contributed by atoms with Gasteiger partial charge in [-0.2, -0.15) is 5.10 Å². The highest BCUT2D eigenvalue weighted by Crippen LogP contribution is 2.24. The Balaban J connectivity index is 2.15. The van der Waals surface area contributed by atoms with Gasteiger partial charge in [0.05, 0.1) is 5.69 Å². The van der Waals surface area contributed by atoms with E-state index in [0.29, 0.717) is 18.0 Å². The highest BCUT2D eigenvalue weighted by molar-refractivity contribution is 6.30. The lowest BCUT2D eigenvalue weighted by Crippen LogP contribution is -2.43. The van der Waals surface area contributed by atoms with Crippen molar-refractivity contribution >= 4 is 11.6 Å². The fourth-order valence-corrected chi connectivity index (χ4v) is 3.33. The zero-order valence-corrected chi connectivity index (χ0v) is 14.7. The normalized spacial score (nSPS) is 25.8. The topological polar surface area (TPSA) is 33.1 Å². The van der Waals surface area contributed by atoms with E-state index < -0.39 is 0 Å². The van der Waals surface area contributed by atoms with Gasteiger partial charge < -0.3 is 5.32 Å². The fraction of sp³-hybridized carbons (Fsp3) is 0.812. The lowest BCUT2D eigenvalue weighted by molar-refractivity contribution is 0.180. The Morgan fingerprint density at radius 2 is 2.19 bits per heavy atom. The first-order valence-electron chi connectivity index (χ1n) is 8.09. The molecule has 0 spiro atoms. The summed E-state index contributed by atoms with van der Waals surface area (Å²) in [7, 11) is 1.91. The van der Waals surface area contributed by atoms with E-state index in [-0.39, 0.29) is 0 Å². The van der Waals surface area contributed by atoms with Gasteiger partial charge in [0.15, 0.2) is 0 Å². The molecule has 1 aromatic rings. The molecule has 0 aliphatic carbocycles. The molecule has 5 heteroatoms. The molecule has 3 unspecified atom stereocenters. The summed E-state index contributed by atoms with van der Waals surface area (Å²) in [4.78, 5) is 2.56. The quantitative estimate of drug-likeness (QED) is 0.928. The molecule has 2 rings (SSSR count). The van der Waals surface area contributed by atoms with Crippen molar-refractivity contribution in [2.24, 2.45) is 13.0 Å². The van der Waals surface area contributed by atoms with Gasteiger partial charge in [0.25, 0.3) is 0 Å². The van der Waals surface area contributed by atoms with Gasteiger partial charge >= 0.3 is 0 Å². The number of rotatable bonds is 4. The average molecular weight is 313 g/mol. The zero-order chi connectivity index (χ0) is 15.6. The molecule has 120 valence electrons. The van der Waals surface area contributed by atoms with E-state index in [1.807, 2.05) is 14.0 Å². The van der Waals surface area contributed by atoms with E-state index in [0.717, 1.165) is 30.5 Å². The molecular formula is C16H29ClN4. The molecular weight excluding hydrogens is 284 g/mol. The fourth-order valence-electron chi connectivity index (χ4n) is 3.10. The predicted octanol–water partition coefficient (Wildman–Crippen LogP) is 2.98. The Bertz CT molecular complexity index is 471. The summed E-state index contributed by atoms with van der Waals surface area (Å²) in [6, 6.07) is 1.14. The minimum atomic E-state index is 0.565. The van der Waals surface area contributed by atoms with Gasteiger partial charge in [-0.3, -0.25) is 9.58 Å². The van der Waals surface area contributed by atoms with Crippen LogP contribution in [0.1, 0.15) is 44.9 Å². The molecule has 0 amide bonds. The highest BCUT2D eigenvalue weighted by atomic mass is 35.5. The van der Waals surface area contributed by atoms with Crippen LogP contribution in [-0.2, 0) is 13.6 Å². The molecule has 0 saturated carbocycles. The lowest BCUT2D eigenvalue weighted by Gasteiger charge is -2.31. The summed E-state index contributed by atoms with van der Waals surface area (Å²) < 4.78 is 1.78. The average Bonchev–Trinajstić information content (AvgIpc) is 2.62. The maximum atomic E-state index is 6.41. The van der Waals surface area contributed by atoms with Gasteiger partial charge in [-0.15, -0.1) is 0 Å². The summed E-state index contributed by atoms with van der Waals surface area (Å²) in [6.07, 6.45) is 2.40. The Morgan fingerprint density at radius 1 is 1.48 bits per heavy atom. The van der Waals surface area contributed by atoms with Crippen molar-refractivity contribution in [1.82, 2.24) is 20.0 Å². The van der Waals surface area contributed by atoms with Gasteiger partial charge in [-0.25, -0.2) is 0 Å². The standard InChI is InChI=1S/C16H29ClN4/c1-6-11(2)15-10-21(12(3)7-8-18-15)9-14-13(4)19-20(5)16(14)17/h11-12,15,18H,6-10H2,1-5H3. The second-order valence-electron chi connectivity index (χ2n) is 6.49. The van der Waals surface area contributed by atoms with Crippen LogP contribution in [0.25, 0.3) is 0 Å². The molecule has 3 atom stereocenters. The van der Waals surface area contributed by atoms with Crippen LogP contribution in [0.2, 0.25) is 5.15 Å². The van der Waals surface area contributed by atoms with E-state index in [1.165, 1.54) is 18.4 Å². The van der Waals surface area contributed by atoms with Crippen molar-refractivity contribution in [3.05, 3.63) is 16.4 Å². The molecule has 1 aromatic heterocycles. The molecule has 2 heterocycles. The van der Waals surface area contributed by atoms with E-state index >= 15 is 0 Å². The molecule has 4 nitrogen and oxygen atoms in total. The summed E-state index contributed by atoms with van der Waals surface area (Å²) in [5, 5.41) is 8.93. The van der Waals surface area contributed by atoms with Crippen molar-refractivity contribution in [1.29, 1.82) is 0 Å². The third kappa shape index (κ3) is 3.79.